The Bertz CT molecular complexity index is 3360. The minimum absolute atomic E-state index is 0.281. The molecule has 3 N–H and O–H groups in total. The summed E-state index contributed by atoms with van der Waals surface area (Å²) in [5.41, 5.74) is 9.84. The topological polar surface area (TPSA) is 134 Å². The van der Waals surface area contributed by atoms with Crippen molar-refractivity contribution in [3.63, 3.8) is 0 Å². The van der Waals surface area contributed by atoms with Crippen molar-refractivity contribution in [1.82, 2.24) is 20.3 Å². The Kier molecular flexibility index (Phi) is 10.6. The fraction of sp³-hybridized carbons (Fsp3) is 0.0769. The Balaban J connectivity index is 1.26. The molecule has 0 bridgehead atoms. The fourth-order valence-corrected chi connectivity index (χ4v) is 10.1. The molecule has 0 radical (unpaired) electrons. The highest BCUT2D eigenvalue weighted by Crippen LogP contribution is 2.49. The van der Waals surface area contributed by atoms with Gasteiger partial charge in [-0.15, -0.1) is 22.7 Å². The first-order chi connectivity index (χ1) is 31.2. The number of carbonyl (C=O) groups is 2. The summed E-state index contributed by atoms with van der Waals surface area (Å²) in [7, 11) is 1.54. The number of amidine groups is 2. The molecule has 12 heteroatoms. The van der Waals surface area contributed by atoms with Crippen LogP contribution in [0.4, 0.5) is 11.6 Å². The number of nitrogens with one attached hydrogen (secondary N) is 3. The van der Waals surface area contributed by atoms with Crippen LogP contribution in [0.2, 0.25) is 0 Å². The van der Waals surface area contributed by atoms with Gasteiger partial charge < -0.3 is 20.4 Å². The van der Waals surface area contributed by atoms with E-state index >= 15 is 0 Å². The molecule has 10 nitrogen and oxygen atoms in total. The maximum absolute atomic E-state index is 14.3. The van der Waals surface area contributed by atoms with Crippen LogP contribution in [0.15, 0.2) is 156 Å². The number of amides is 2. The third kappa shape index (κ3) is 7.38. The van der Waals surface area contributed by atoms with E-state index in [1.54, 1.807) is 18.2 Å². The molecule has 10 rings (SSSR count). The summed E-state index contributed by atoms with van der Waals surface area (Å²) in [6.45, 7) is 6.01. The average Bonchev–Trinajstić information content (AvgIpc) is 4.09. The quantitative estimate of drug-likeness (QED) is 0.133. The number of H-pyrrole nitrogens is 1. The minimum atomic E-state index is -0.403. The number of fused-ring (bicyclic) bond motifs is 2. The zero-order valence-electron chi connectivity index (χ0n) is 35.2. The number of aryl methyl sites for hydroxylation is 3. The smallest absolute Gasteiger partial charge is 0.260 e. The third-order valence-corrected chi connectivity index (χ3v) is 13.3. The van der Waals surface area contributed by atoms with E-state index in [-0.39, 0.29) is 11.7 Å². The van der Waals surface area contributed by atoms with E-state index in [0.29, 0.717) is 61.1 Å². The summed E-state index contributed by atoms with van der Waals surface area (Å²) in [5.74, 6) is 1.24. The average molecular weight is 874 g/mol. The van der Waals surface area contributed by atoms with Crippen LogP contribution in [0.3, 0.4) is 0 Å². The summed E-state index contributed by atoms with van der Waals surface area (Å²) >= 11 is 3.05. The Hall–Kier alpha value is -7.80. The Morgan fingerprint density at radius 3 is 1.78 bits per heavy atom. The van der Waals surface area contributed by atoms with E-state index in [4.69, 9.17) is 24.7 Å². The van der Waals surface area contributed by atoms with Gasteiger partial charge in [0.15, 0.2) is 5.84 Å². The first-order valence-electron chi connectivity index (χ1n) is 20.6. The first kappa shape index (κ1) is 40.3. The van der Waals surface area contributed by atoms with Crippen LogP contribution >= 0.6 is 22.7 Å². The van der Waals surface area contributed by atoms with Crippen molar-refractivity contribution >= 4 is 89.4 Å². The molecule has 0 unspecified atom stereocenters. The number of carbonyl (C=O) groups excluding carboxylic acids is 2. The van der Waals surface area contributed by atoms with Crippen molar-refractivity contribution in [2.75, 3.05) is 12.4 Å². The van der Waals surface area contributed by atoms with Crippen molar-refractivity contribution in [2.24, 2.45) is 9.98 Å². The second-order valence-corrected chi connectivity index (χ2v) is 17.3. The van der Waals surface area contributed by atoms with Gasteiger partial charge in [-0.05, 0) is 91.1 Å². The molecule has 0 spiro atoms. The van der Waals surface area contributed by atoms with Gasteiger partial charge in [0.05, 0.1) is 44.2 Å². The molecule has 3 aromatic heterocycles. The van der Waals surface area contributed by atoms with Crippen LogP contribution in [0, 0.1) is 20.8 Å². The van der Waals surface area contributed by atoms with Gasteiger partial charge in [-0.25, -0.2) is 20.0 Å². The number of ether oxygens (including phenoxy) is 1. The predicted molar refractivity (Wildman–Crippen MR) is 261 cm³/mol. The molecule has 0 fully saturated rings. The van der Waals surface area contributed by atoms with E-state index in [0.717, 1.165) is 53.8 Å². The molecular weight excluding hydrogens is 835 g/mol. The molecule has 0 aliphatic carbocycles. The molecule has 0 saturated carbocycles. The van der Waals surface area contributed by atoms with Crippen molar-refractivity contribution in [2.45, 2.75) is 20.8 Å². The van der Waals surface area contributed by atoms with E-state index < -0.39 is 5.91 Å². The van der Waals surface area contributed by atoms with Crippen LogP contribution in [-0.4, -0.2) is 45.5 Å². The van der Waals surface area contributed by atoms with Crippen molar-refractivity contribution in [3.8, 4) is 27.4 Å². The zero-order chi connectivity index (χ0) is 43.9. The van der Waals surface area contributed by atoms with E-state index in [1.165, 1.54) is 29.8 Å². The second-order valence-electron chi connectivity index (χ2n) is 15.3. The minimum Gasteiger partial charge on any atom is -0.496 e. The van der Waals surface area contributed by atoms with E-state index in [2.05, 4.69) is 28.6 Å². The number of benzene rings is 6. The lowest BCUT2D eigenvalue weighted by Gasteiger charge is -2.12. The van der Waals surface area contributed by atoms with Crippen molar-refractivity contribution in [1.29, 1.82) is 0 Å². The number of thiazole rings is 2. The van der Waals surface area contributed by atoms with Gasteiger partial charge in [0.2, 0.25) is 0 Å². The number of nitrogens with zero attached hydrogens (tertiary/aromatic N) is 4. The van der Waals surface area contributed by atoms with Gasteiger partial charge in [0, 0.05) is 16.7 Å². The number of aromatic amines is 1. The highest BCUT2D eigenvalue weighted by Gasteiger charge is 2.34. The molecule has 0 saturated heterocycles. The normalized spacial score (nSPS) is 13.2. The van der Waals surface area contributed by atoms with E-state index in [1.807, 2.05) is 135 Å². The SMILES string of the molecule is COc1ccccc1C(=O)NC1=N/C(=N\c2[nH]c(NC(=O)c3ccccc3C)c(-c3nc4ccccc4s3)c2-c2ccccc2C)C(c2ccccc2C)=C1c1nc2ccccc2s1. The molecular formula is C52H39N7O3S2. The first-order valence-corrected chi connectivity index (χ1v) is 22.2. The molecule has 6 aromatic carbocycles. The maximum atomic E-state index is 14.3. The third-order valence-electron chi connectivity index (χ3n) is 11.2. The molecule has 0 atom stereocenters. The van der Waals surface area contributed by atoms with Gasteiger partial charge in [-0.3, -0.25) is 9.59 Å². The highest BCUT2D eigenvalue weighted by molar-refractivity contribution is 7.21. The maximum Gasteiger partial charge on any atom is 0.260 e. The van der Waals surface area contributed by atoms with Gasteiger partial charge >= 0.3 is 0 Å². The van der Waals surface area contributed by atoms with Gasteiger partial charge in [0.1, 0.15) is 33.2 Å². The number of hydrogen-bond acceptors (Lipinski definition) is 8. The molecule has 4 heterocycles. The van der Waals surface area contributed by atoms with Crippen molar-refractivity contribution < 1.29 is 14.3 Å². The van der Waals surface area contributed by atoms with Crippen LogP contribution in [0.5, 0.6) is 5.75 Å². The Morgan fingerprint density at radius 1 is 0.578 bits per heavy atom. The van der Waals surface area contributed by atoms with Crippen LogP contribution in [0.1, 0.15) is 48.0 Å². The highest BCUT2D eigenvalue weighted by atomic mass is 32.1. The molecule has 2 amide bonds. The molecule has 1 aliphatic rings. The summed E-state index contributed by atoms with van der Waals surface area (Å²) in [4.78, 5) is 53.1. The predicted octanol–water partition coefficient (Wildman–Crippen LogP) is 12.2. The Labute approximate surface area is 376 Å². The molecule has 1 aliphatic heterocycles. The zero-order valence-corrected chi connectivity index (χ0v) is 36.8. The van der Waals surface area contributed by atoms with Crippen LogP contribution in [0.25, 0.3) is 53.3 Å². The van der Waals surface area contributed by atoms with Gasteiger partial charge in [0.25, 0.3) is 11.8 Å². The summed E-state index contributed by atoms with van der Waals surface area (Å²) in [5, 5.41) is 7.74. The fourth-order valence-electron chi connectivity index (χ4n) is 8.01. The summed E-state index contributed by atoms with van der Waals surface area (Å²) in [6, 6.07) is 46.6. The van der Waals surface area contributed by atoms with E-state index in [9.17, 15) is 9.59 Å². The van der Waals surface area contributed by atoms with Gasteiger partial charge in [-0.2, -0.15) is 0 Å². The standard InChI is InChI=1S/C52H39N7O3S2/c1-29-17-5-8-20-32(29)41-43(51-53-36-24-12-15-27-39(36)63-51)47(58-49(60)34-22-10-7-19-31(34)3)56-45(41)55-46-42(33-21-9-6-18-30(33)2)44(52-54-37-25-13-16-28-40(37)64-52)48(57-46)59-50(61)35-23-11-14-26-38(35)62-4/h5-28,56H,1-4H3,(H,58,60)(H,55,57,59,61). The lowest BCUT2D eigenvalue weighted by atomic mass is 9.96. The number of rotatable bonds is 9. The van der Waals surface area contributed by atoms with Crippen LogP contribution in [-0.2, 0) is 0 Å². The van der Waals surface area contributed by atoms with Crippen molar-refractivity contribution in [3.05, 3.63) is 184 Å². The number of para-hydroxylation sites is 3. The number of anilines is 1. The second kappa shape index (κ2) is 16.8. The number of methoxy groups -OCH3 is 1. The summed E-state index contributed by atoms with van der Waals surface area (Å²) in [6.07, 6.45) is 0. The molecule has 312 valence electrons. The lowest BCUT2D eigenvalue weighted by Crippen LogP contribution is -2.31. The van der Waals surface area contributed by atoms with Crippen LogP contribution < -0.4 is 15.4 Å². The number of aliphatic imine (C=N–C) groups is 2. The summed E-state index contributed by atoms with van der Waals surface area (Å²) < 4.78 is 7.58. The Morgan fingerprint density at radius 2 is 1.12 bits per heavy atom. The lowest BCUT2D eigenvalue weighted by molar-refractivity contribution is 0.0973. The molecule has 9 aromatic rings. The monoisotopic (exact) mass is 873 g/mol. The largest absolute Gasteiger partial charge is 0.496 e. The van der Waals surface area contributed by atoms with Gasteiger partial charge in [-0.1, -0.05) is 103 Å². The number of aromatic nitrogens is 3. The molecule has 64 heavy (non-hydrogen) atoms. The number of hydrogen-bond donors (Lipinski definition) is 3.